The molecule has 0 aliphatic rings. The van der Waals surface area contributed by atoms with Gasteiger partial charge in [0.05, 0.1) is 11.0 Å². The summed E-state index contributed by atoms with van der Waals surface area (Å²) < 4.78 is 0.633. The minimum Gasteiger partial charge on any atom is -0.322 e. The highest BCUT2D eigenvalue weighted by Crippen LogP contribution is 2.31. The summed E-state index contributed by atoms with van der Waals surface area (Å²) >= 11 is 4.61. The van der Waals surface area contributed by atoms with Gasteiger partial charge in [-0.3, -0.25) is 10.1 Å². The van der Waals surface area contributed by atoms with Gasteiger partial charge in [-0.25, -0.2) is 0 Å². The Kier molecular flexibility index (Phi) is 4.23. The fourth-order valence-corrected chi connectivity index (χ4v) is 2.88. The van der Waals surface area contributed by atoms with Gasteiger partial charge in [0.2, 0.25) is 0 Å². The Labute approximate surface area is 121 Å². The molecule has 6 nitrogen and oxygen atoms in total. The molecule has 0 aliphatic carbocycles. The van der Waals surface area contributed by atoms with Gasteiger partial charge in [-0.15, -0.1) is 10.2 Å². The van der Waals surface area contributed by atoms with E-state index in [-0.39, 0.29) is 11.7 Å². The van der Waals surface area contributed by atoms with Crippen LogP contribution in [0.1, 0.15) is 24.4 Å². The van der Waals surface area contributed by atoms with Crippen molar-refractivity contribution in [2.75, 3.05) is 0 Å². The number of nitrogens with zero attached hydrogens (tertiary/aromatic N) is 3. The Morgan fingerprint density at radius 1 is 1.47 bits per heavy atom. The molecule has 2 N–H and O–H groups in total. The summed E-state index contributed by atoms with van der Waals surface area (Å²) in [6, 6.07) is 4.55. The van der Waals surface area contributed by atoms with E-state index in [9.17, 15) is 10.1 Å². The SMILES string of the molecule is CCC(N)c1nnc(-c2cc(Br)cc([N+](=O)[O-])c2)s1. The molecule has 19 heavy (non-hydrogen) atoms. The Hall–Kier alpha value is -1.38. The number of nitrogens with two attached hydrogens (primary N) is 1. The zero-order valence-electron chi connectivity index (χ0n) is 10.0. The Bertz CT molecular complexity index is 616. The second-order valence-corrected chi connectivity index (χ2v) is 5.84. The van der Waals surface area contributed by atoms with Crippen LogP contribution in [0.15, 0.2) is 22.7 Å². The summed E-state index contributed by atoms with van der Waals surface area (Å²) in [7, 11) is 0. The van der Waals surface area contributed by atoms with Crippen LogP contribution in [0.25, 0.3) is 10.6 Å². The zero-order chi connectivity index (χ0) is 14.0. The average molecular weight is 343 g/mol. The lowest BCUT2D eigenvalue weighted by atomic mass is 10.2. The highest BCUT2D eigenvalue weighted by atomic mass is 79.9. The van der Waals surface area contributed by atoms with Crippen molar-refractivity contribution >= 4 is 33.0 Å². The third kappa shape index (κ3) is 3.14. The lowest BCUT2D eigenvalue weighted by molar-refractivity contribution is -0.384. The lowest BCUT2D eigenvalue weighted by Crippen LogP contribution is -2.07. The predicted octanol–water partition coefficient (Wildman–Crippen LogP) is 3.29. The van der Waals surface area contributed by atoms with Crippen molar-refractivity contribution in [1.82, 2.24) is 10.2 Å². The van der Waals surface area contributed by atoms with E-state index in [1.54, 1.807) is 6.07 Å². The average Bonchev–Trinajstić information content (AvgIpc) is 2.86. The molecule has 1 heterocycles. The van der Waals surface area contributed by atoms with Gasteiger partial charge in [-0.1, -0.05) is 34.2 Å². The van der Waals surface area contributed by atoms with Crippen LogP contribution in [0.5, 0.6) is 0 Å². The molecular formula is C11H11BrN4O2S. The van der Waals surface area contributed by atoms with Gasteiger partial charge in [0.1, 0.15) is 10.0 Å². The smallest absolute Gasteiger partial charge is 0.271 e. The van der Waals surface area contributed by atoms with Gasteiger partial charge in [0.15, 0.2) is 0 Å². The highest BCUT2D eigenvalue weighted by molar-refractivity contribution is 9.10. The van der Waals surface area contributed by atoms with Crippen LogP contribution in [0, 0.1) is 10.1 Å². The Morgan fingerprint density at radius 3 is 2.84 bits per heavy atom. The van der Waals surface area contributed by atoms with Gasteiger partial charge < -0.3 is 5.73 Å². The van der Waals surface area contributed by atoms with Crippen molar-refractivity contribution < 1.29 is 4.92 Å². The van der Waals surface area contributed by atoms with Crippen LogP contribution >= 0.6 is 27.3 Å². The summed E-state index contributed by atoms with van der Waals surface area (Å²) in [5.41, 5.74) is 6.56. The van der Waals surface area contributed by atoms with E-state index in [4.69, 9.17) is 5.73 Å². The van der Waals surface area contributed by atoms with Gasteiger partial charge in [-0.2, -0.15) is 0 Å². The number of nitro groups is 1. The summed E-state index contributed by atoms with van der Waals surface area (Å²) in [6.07, 6.45) is 0.771. The van der Waals surface area contributed by atoms with Crippen molar-refractivity contribution in [1.29, 1.82) is 0 Å². The van der Waals surface area contributed by atoms with E-state index in [0.717, 1.165) is 11.4 Å². The standard InChI is InChI=1S/C11H11BrN4O2S/c1-2-9(13)11-15-14-10(19-11)6-3-7(12)5-8(4-6)16(17)18/h3-5,9H,2,13H2,1H3. The fourth-order valence-electron chi connectivity index (χ4n) is 1.48. The van der Waals surface area contributed by atoms with E-state index in [2.05, 4.69) is 26.1 Å². The normalized spacial score (nSPS) is 12.4. The molecule has 0 fully saturated rings. The molecule has 0 aliphatic heterocycles. The molecule has 0 saturated heterocycles. The number of aromatic nitrogens is 2. The van der Waals surface area contributed by atoms with Crippen LogP contribution in [0.2, 0.25) is 0 Å². The van der Waals surface area contributed by atoms with Gasteiger partial charge in [0.25, 0.3) is 5.69 Å². The first-order valence-corrected chi connectivity index (χ1v) is 7.16. The molecule has 8 heteroatoms. The molecule has 1 atom stereocenters. The molecule has 1 aromatic carbocycles. The Balaban J connectivity index is 2.41. The molecule has 1 aromatic heterocycles. The van der Waals surface area contributed by atoms with Gasteiger partial charge in [0, 0.05) is 22.2 Å². The van der Waals surface area contributed by atoms with Crippen LogP contribution < -0.4 is 5.73 Å². The monoisotopic (exact) mass is 342 g/mol. The first-order chi connectivity index (χ1) is 9.01. The van der Waals surface area contributed by atoms with Crippen molar-refractivity contribution in [2.45, 2.75) is 19.4 Å². The number of hydrogen-bond acceptors (Lipinski definition) is 6. The molecular weight excluding hydrogens is 332 g/mol. The van der Waals surface area contributed by atoms with Crippen LogP contribution in [-0.2, 0) is 0 Å². The van der Waals surface area contributed by atoms with Gasteiger partial charge >= 0.3 is 0 Å². The maximum Gasteiger partial charge on any atom is 0.271 e. The quantitative estimate of drug-likeness (QED) is 0.679. The number of rotatable bonds is 4. The maximum absolute atomic E-state index is 10.8. The zero-order valence-corrected chi connectivity index (χ0v) is 12.4. The van der Waals surface area contributed by atoms with Crippen molar-refractivity contribution in [3.8, 4) is 10.6 Å². The lowest BCUT2D eigenvalue weighted by Gasteiger charge is -2.01. The number of benzene rings is 1. The molecule has 0 bridgehead atoms. The van der Waals surface area contributed by atoms with Crippen molar-refractivity contribution in [2.24, 2.45) is 5.73 Å². The maximum atomic E-state index is 10.8. The van der Waals surface area contributed by atoms with E-state index in [1.165, 1.54) is 23.5 Å². The molecule has 0 spiro atoms. The number of halogens is 1. The predicted molar refractivity (Wildman–Crippen MR) is 76.9 cm³/mol. The minimum absolute atomic E-state index is 0.0147. The first-order valence-electron chi connectivity index (χ1n) is 5.55. The topological polar surface area (TPSA) is 94.9 Å². The largest absolute Gasteiger partial charge is 0.322 e. The molecule has 2 rings (SSSR count). The fraction of sp³-hybridized carbons (Fsp3) is 0.273. The number of nitro benzene ring substituents is 1. The van der Waals surface area contributed by atoms with Crippen LogP contribution in [0.4, 0.5) is 5.69 Å². The molecule has 0 amide bonds. The van der Waals surface area contributed by atoms with Crippen molar-refractivity contribution in [3.63, 3.8) is 0 Å². The van der Waals surface area contributed by atoms with E-state index in [0.29, 0.717) is 15.0 Å². The summed E-state index contributed by atoms with van der Waals surface area (Å²) in [5.74, 6) is 0. The minimum atomic E-state index is -0.437. The van der Waals surface area contributed by atoms with E-state index < -0.39 is 4.92 Å². The van der Waals surface area contributed by atoms with E-state index >= 15 is 0 Å². The van der Waals surface area contributed by atoms with Gasteiger partial charge in [-0.05, 0) is 12.5 Å². The number of hydrogen-bond donors (Lipinski definition) is 1. The molecule has 1 unspecified atom stereocenters. The first kappa shape index (κ1) is 14.0. The summed E-state index contributed by atoms with van der Waals surface area (Å²) in [5, 5.41) is 20.3. The second-order valence-electron chi connectivity index (χ2n) is 3.92. The van der Waals surface area contributed by atoms with E-state index in [1.807, 2.05) is 6.92 Å². The van der Waals surface area contributed by atoms with Crippen molar-refractivity contribution in [3.05, 3.63) is 37.8 Å². The molecule has 0 radical (unpaired) electrons. The highest BCUT2D eigenvalue weighted by Gasteiger charge is 2.15. The Morgan fingerprint density at radius 2 is 2.21 bits per heavy atom. The molecule has 2 aromatic rings. The molecule has 100 valence electrons. The van der Waals surface area contributed by atoms with Crippen LogP contribution in [0.3, 0.4) is 0 Å². The second kappa shape index (κ2) is 5.72. The number of non-ortho nitro benzene ring substituents is 1. The third-order valence-electron chi connectivity index (χ3n) is 2.54. The third-order valence-corrected chi connectivity index (χ3v) is 4.10. The summed E-state index contributed by atoms with van der Waals surface area (Å²) in [6.45, 7) is 1.97. The summed E-state index contributed by atoms with van der Waals surface area (Å²) in [4.78, 5) is 10.4. The van der Waals surface area contributed by atoms with Crippen LogP contribution in [-0.4, -0.2) is 15.1 Å². The molecule has 0 saturated carbocycles.